The molecule has 0 heterocycles. The Bertz CT molecular complexity index is 693. The lowest BCUT2D eigenvalue weighted by Crippen LogP contribution is -2.43. The van der Waals surface area contributed by atoms with Crippen LogP contribution >= 0.6 is 0 Å². The third-order valence-electron chi connectivity index (χ3n) is 4.12. The Balaban J connectivity index is 1.69. The summed E-state index contributed by atoms with van der Waals surface area (Å²) in [4.78, 5) is 12.0. The maximum absolute atomic E-state index is 12.0. The topological polar surface area (TPSA) is 59.6 Å². The minimum atomic E-state index is -0.184. The maximum atomic E-state index is 12.0. The molecule has 1 unspecified atom stereocenters. The molecule has 2 aromatic carbocycles. The number of rotatable bonds is 8. The summed E-state index contributed by atoms with van der Waals surface area (Å²) in [7, 11) is 1.65. The largest absolute Gasteiger partial charge is 0.497 e. The van der Waals surface area contributed by atoms with Gasteiger partial charge in [0.05, 0.1) is 13.2 Å². The normalized spacial score (nSPS) is 11.5. The Labute approximate surface area is 155 Å². The van der Waals surface area contributed by atoms with Crippen LogP contribution in [0.1, 0.15) is 23.6 Å². The number of urea groups is 1. The number of para-hydroxylation sites is 1. The Hall–Kier alpha value is -2.69. The number of amides is 2. The van der Waals surface area contributed by atoms with E-state index in [2.05, 4.69) is 10.6 Å². The molecular formula is C21H28N2O3. The van der Waals surface area contributed by atoms with Crippen LogP contribution in [0.15, 0.2) is 42.5 Å². The molecule has 0 saturated carbocycles. The highest BCUT2D eigenvalue weighted by molar-refractivity contribution is 5.74. The zero-order chi connectivity index (χ0) is 18.9. The number of hydrogen-bond acceptors (Lipinski definition) is 3. The lowest BCUT2D eigenvalue weighted by atomic mass is 10.1. The molecule has 0 saturated heterocycles. The molecule has 0 radical (unpaired) electrons. The first-order valence-electron chi connectivity index (χ1n) is 8.86. The van der Waals surface area contributed by atoms with Crippen molar-refractivity contribution in [3.8, 4) is 11.5 Å². The van der Waals surface area contributed by atoms with E-state index >= 15 is 0 Å². The van der Waals surface area contributed by atoms with Gasteiger partial charge in [-0.25, -0.2) is 4.79 Å². The SMILES string of the molecule is COc1ccc(CCNC(=O)NC(C)COc2c(C)cccc2C)cc1. The van der Waals surface area contributed by atoms with Crippen molar-refractivity contribution in [2.45, 2.75) is 33.2 Å². The van der Waals surface area contributed by atoms with Gasteiger partial charge in [0, 0.05) is 6.54 Å². The average molecular weight is 356 g/mol. The summed E-state index contributed by atoms with van der Waals surface area (Å²) in [6.07, 6.45) is 0.769. The molecule has 0 spiro atoms. The highest BCUT2D eigenvalue weighted by Crippen LogP contribution is 2.22. The molecule has 0 aliphatic carbocycles. The second kappa shape index (κ2) is 9.70. The number of nitrogens with one attached hydrogen (secondary N) is 2. The molecule has 0 aromatic heterocycles. The van der Waals surface area contributed by atoms with Gasteiger partial charge >= 0.3 is 6.03 Å². The molecule has 0 fully saturated rings. The Morgan fingerprint density at radius 3 is 2.35 bits per heavy atom. The molecule has 140 valence electrons. The summed E-state index contributed by atoms with van der Waals surface area (Å²) < 4.78 is 11.0. The van der Waals surface area contributed by atoms with Crippen LogP contribution < -0.4 is 20.1 Å². The van der Waals surface area contributed by atoms with Crippen molar-refractivity contribution in [3.63, 3.8) is 0 Å². The van der Waals surface area contributed by atoms with E-state index in [0.29, 0.717) is 13.2 Å². The molecule has 2 rings (SSSR count). The Kier molecular flexibility index (Phi) is 7.33. The molecule has 2 N–H and O–H groups in total. The summed E-state index contributed by atoms with van der Waals surface area (Å²) in [5.41, 5.74) is 3.35. The Morgan fingerprint density at radius 1 is 1.08 bits per heavy atom. The number of benzene rings is 2. The van der Waals surface area contributed by atoms with E-state index in [1.807, 2.05) is 63.2 Å². The zero-order valence-electron chi connectivity index (χ0n) is 16.0. The summed E-state index contributed by atoms with van der Waals surface area (Å²) in [6.45, 7) is 6.97. The van der Waals surface area contributed by atoms with Crippen molar-refractivity contribution in [2.75, 3.05) is 20.3 Å². The molecular weight excluding hydrogens is 328 g/mol. The summed E-state index contributed by atoms with van der Waals surface area (Å²) in [5, 5.41) is 5.77. The monoisotopic (exact) mass is 356 g/mol. The van der Waals surface area contributed by atoms with Crippen LogP contribution in [0.5, 0.6) is 11.5 Å². The van der Waals surface area contributed by atoms with Crippen LogP contribution in [0, 0.1) is 13.8 Å². The lowest BCUT2D eigenvalue weighted by molar-refractivity contribution is 0.226. The van der Waals surface area contributed by atoms with Gasteiger partial charge in [0.2, 0.25) is 0 Å². The van der Waals surface area contributed by atoms with Gasteiger partial charge in [0.25, 0.3) is 0 Å². The van der Waals surface area contributed by atoms with E-state index in [0.717, 1.165) is 34.6 Å². The number of ether oxygens (including phenoxy) is 2. The summed E-state index contributed by atoms with van der Waals surface area (Å²) >= 11 is 0. The van der Waals surface area contributed by atoms with Gasteiger partial charge in [0.15, 0.2) is 0 Å². The lowest BCUT2D eigenvalue weighted by Gasteiger charge is -2.18. The van der Waals surface area contributed by atoms with Gasteiger partial charge in [-0.2, -0.15) is 0 Å². The fourth-order valence-corrected chi connectivity index (χ4v) is 2.66. The van der Waals surface area contributed by atoms with E-state index < -0.39 is 0 Å². The maximum Gasteiger partial charge on any atom is 0.315 e. The van der Waals surface area contributed by atoms with Crippen molar-refractivity contribution in [1.29, 1.82) is 0 Å². The van der Waals surface area contributed by atoms with Crippen LogP contribution in [0.25, 0.3) is 0 Å². The second-order valence-corrected chi connectivity index (χ2v) is 6.43. The van der Waals surface area contributed by atoms with Crippen LogP contribution in [0.3, 0.4) is 0 Å². The molecule has 1 atom stereocenters. The first-order chi connectivity index (χ1) is 12.5. The van der Waals surface area contributed by atoms with E-state index in [-0.39, 0.29) is 12.1 Å². The van der Waals surface area contributed by atoms with Gasteiger partial charge < -0.3 is 20.1 Å². The minimum Gasteiger partial charge on any atom is -0.497 e. The molecule has 0 aliphatic heterocycles. The van der Waals surface area contributed by atoms with E-state index in [1.165, 1.54) is 0 Å². The zero-order valence-corrected chi connectivity index (χ0v) is 16.0. The summed E-state index contributed by atoms with van der Waals surface area (Å²) in [6, 6.07) is 13.6. The van der Waals surface area contributed by atoms with Gasteiger partial charge in [-0.15, -0.1) is 0 Å². The van der Waals surface area contributed by atoms with Gasteiger partial charge in [0.1, 0.15) is 18.1 Å². The number of aryl methyl sites for hydroxylation is 2. The van der Waals surface area contributed by atoms with Crippen molar-refractivity contribution >= 4 is 6.03 Å². The first-order valence-corrected chi connectivity index (χ1v) is 8.86. The minimum absolute atomic E-state index is 0.0880. The molecule has 2 aromatic rings. The second-order valence-electron chi connectivity index (χ2n) is 6.43. The van der Waals surface area contributed by atoms with Crippen LogP contribution in [0.4, 0.5) is 4.79 Å². The van der Waals surface area contributed by atoms with Crippen LogP contribution in [-0.4, -0.2) is 32.3 Å². The fourth-order valence-electron chi connectivity index (χ4n) is 2.66. The average Bonchev–Trinajstić information content (AvgIpc) is 2.62. The predicted octanol–water partition coefficient (Wildman–Crippen LogP) is 3.62. The third kappa shape index (κ3) is 5.99. The molecule has 5 nitrogen and oxygen atoms in total. The van der Waals surface area contributed by atoms with Crippen molar-refractivity contribution < 1.29 is 14.3 Å². The van der Waals surface area contributed by atoms with Crippen LogP contribution in [-0.2, 0) is 6.42 Å². The molecule has 2 amide bonds. The molecule has 0 bridgehead atoms. The third-order valence-corrected chi connectivity index (χ3v) is 4.12. The summed E-state index contributed by atoms with van der Waals surface area (Å²) in [5.74, 6) is 1.72. The molecule has 0 aliphatic rings. The number of carbonyl (C=O) groups excluding carboxylic acids is 1. The predicted molar refractivity (Wildman–Crippen MR) is 104 cm³/mol. The van der Waals surface area contributed by atoms with Gasteiger partial charge in [-0.3, -0.25) is 0 Å². The fraction of sp³-hybridized carbons (Fsp3) is 0.381. The molecule has 26 heavy (non-hydrogen) atoms. The van der Waals surface area contributed by atoms with E-state index in [9.17, 15) is 4.79 Å². The quantitative estimate of drug-likeness (QED) is 0.759. The smallest absolute Gasteiger partial charge is 0.315 e. The van der Waals surface area contributed by atoms with Crippen molar-refractivity contribution in [2.24, 2.45) is 0 Å². The highest BCUT2D eigenvalue weighted by atomic mass is 16.5. The van der Waals surface area contributed by atoms with Crippen LogP contribution in [0.2, 0.25) is 0 Å². The first kappa shape index (κ1) is 19.6. The van der Waals surface area contributed by atoms with Gasteiger partial charge in [-0.1, -0.05) is 30.3 Å². The molecule has 5 heteroatoms. The highest BCUT2D eigenvalue weighted by Gasteiger charge is 2.09. The number of methoxy groups -OCH3 is 1. The van der Waals surface area contributed by atoms with Crippen molar-refractivity contribution in [3.05, 3.63) is 59.2 Å². The Morgan fingerprint density at radius 2 is 1.73 bits per heavy atom. The van der Waals surface area contributed by atoms with Crippen molar-refractivity contribution in [1.82, 2.24) is 10.6 Å². The van der Waals surface area contributed by atoms with E-state index in [4.69, 9.17) is 9.47 Å². The van der Waals surface area contributed by atoms with Gasteiger partial charge in [-0.05, 0) is 56.0 Å². The number of carbonyl (C=O) groups is 1. The number of hydrogen-bond donors (Lipinski definition) is 2. The van der Waals surface area contributed by atoms with E-state index in [1.54, 1.807) is 7.11 Å². The standard InChI is InChI=1S/C21H28N2O3/c1-15-6-5-7-16(2)20(15)26-14-17(3)23-21(24)22-13-12-18-8-10-19(25-4)11-9-18/h5-11,17H,12-14H2,1-4H3,(H2,22,23,24).